The Morgan fingerprint density at radius 1 is 1.32 bits per heavy atom. The van der Waals surface area contributed by atoms with Gasteiger partial charge in [0.15, 0.2) is 0 Å². The fourth-order valence-electron chi connectivity index (χ4n) is 2.32. The summed E-state index contributed by atoms with van der Waals surface area (Å²) >= 11 is 0. The van der Waals surface area contributed by atoms with Gasteiger partial charge in [-0.15, -0.1) is 0 Å². The predicted octanol–water partition coefficient (Wildman–Crippen LogP) is 3.90. The lowest BCUT2D eigenvalue weighted by Crippen LogP contribution is -2.33. The molecule has 0 spiro atoms. The SMILES string of the molecule is CCC(C)C(=O)NC(CCCc1ccccc1)c1ncco1. The Kier molecular flexibility index (Phi) is 6.19. The third kappa shape index (κ3) is 4.72. The Morgan fingerprint density at radius 2 is 2.09 bits per heavy atom. The van der Waals surface area contributed by atoms with Crippen LogP contribution in [0.5, 0.6) is 0 Å². The lowest BCUT2D eigenvalue weighted by molar-refractivity contribution is -0.125. The molecule has 1 aromatic carbocycles. The van der Waals surface area contributed by atoms with Crippen LogP contribution in [0.1, 0.15) is 50.6 Å². The van der Waals surface area contributed by atoms with Gasteiger partial charge >= 0.3 is 0 Å². The molecule has 118 valence electrons. The molecule has 0 aliphatic heterocycles. The number of benzene rings is 1. The van der Waals surface area contributed by atoms with Crippen molar-refractivity contribution in [1.82, 2.24) is 10.3 Å². The van der Waals surface area contributed by atoms with Crippen LogP contribution in [0.15, 0.2) is 47.2 Å². The number of nitrogens with zero attached hydrogens (tertiary/aromatic N) is 1. The monoisotopic (exact) mass is 300 g/mol. The van der Waals surface area contributed by atoms with Crippen LogP contribution >= 0.6 is 0 Å². The van der Waals surface area contributed by atoms with Gasteiger partial charge in [-0.3, -0.25) is 4.79 Å². The van der Waals surface area contributed by atoms with E-state index in [2.05, 4.69) is 22.4 Å². The van der Waals surface area contributed by atoms with Gasteiger partial charge < -0.3 is 9.73 Å². The largest absolute Gasteiger partial charge is 0.447 e. The third-order valence-electron chi connectivity index (χ3n) is 3.93. The second-order valence-corrected chi connectivity index (χ2v) is 5.62. The van der Waals surface area contributed by atoms with Crippen molar-refractivity contribution in [3.8, 4) is 0 Å². The molecule has 22 heavy (non-hydrogen) atoms. The molecule has 0 aliphatic carbocycles. The minimum absolute atomic E-state index is 0.00610. The van der Waals surface area contributed by atoms with Crippen LogP contribution in [0, 0.1) is 5.92 Å². The highest BCUT2D eigenvalue weighted by atomic mass is 16.3. The maximum atomic E-state index is 12.1. The Labute approximate surface area is 131 Å². The van der Waals surface area contributed by atoms with Gasteiger partial charge in [-0.2, -0.15) is 0 Å². The number of nitrogens with one attached hydrogen (secondary N) is 1. The zero-order chi connectivity index (χ0) is 15.8. The molecule has 0 radical (unpaired) electrons. The zero-order valence-electron chi connectivity index (χ0n) is 13.3. The van der Waals surface area contributed by atoms with Crippen molar-refractivity contribution < 1.29 is 9.21 Å². The van der Waals surface area contributed by atoms with Crippen molar-refractivity contribution in [1.29, 1.82) is 0 Å². The topological polar surface area (TPSA) is 55.1 Å². The van der Waals surface area contributed by atoms with Crippen molar-refractivity contribution in [3.05, 3.63) is 54.2 Å². The van der Waals surface area contributed by atoms with Crippen LogP contribution in [0.2, 0.25) is 0 Å². The first-order chi connectivity index (χ1) is 10.7. The summed E-state index contributed by atoms with van der Waals surface area (Å²) in [5, 5.41) is 3.06. The van der Waals surface area contributed by atoms with E-state index in [0.717, 1.165) is 25.7 Å². The van der Waals surface area contributed by atoms with Crippen LogP contribution in [0.4, 0.5) is 0 Å². The van der Waals surface area contributed by atoms with E-state index in [1.54, 1.807) is 12.5 Å². The summed E-state index contributed by atoms with van der Waals surface area (Å²) in [5.74, 6) is 0.654. The number of aromatic nitrogens is 1. The summed E-state index contributed by atoms with van der Waals surface area (Å²) in [7, 11) is 0. The van der Waals surface area contributed by atoms with Crippen LogP contribution in [0.3, 0.4) is 0 Å². The Balaban J connectivity index is 1.92. The highest BCUT2D eigenvalue weighted by Gasteiger charge is 2.20. The van der Waals surface area contributed by atoms with E-state index in [4.69, 9.17) is 4.42 Å². The molecule has 2 atom stereocenters. The quantitative estimate of drug-likeness (QED) is 0.804. The second kappa shape index (κ2) is 8.37. The highest BCUT2D eigenvalue weighted by Crippen LogP contribution is 2.19. The van der Waals surface area contributed by atoms with E-state index >= 15 is 0 Å². The van der Waals surface area contributed by atoms with Crippen LogP contribution in [-0.4, -0.2) is 10.9 Å². The van der Waals surface area contributed by atoms with Crippen molar-refractivity contribution in [2.45, 2.75) is 45.6 Å². The average molecular weight is 300 g/mol. The van der Waals surface area contributed by atoms with Crippen molar-refractivity contribution in [3.63, 3.8) is 0 Å². The third-order valence-corrected chi connectivity index (χ3v) is 3.93. The maximum absolute atomic E-state index is 12.1. The van der Waals surface area contributed by atoms with E-state index < -0.39 is 0 Å². The number of hydrogen-bond donors (Lipinski definition) is 1. The number of oxazole rings is 1. The Hall–Kier alpha value is -2.10. The second-order valence-electron chi connectivity index (χ2n) is 5.62. The first-order valence-corrected chi connectivity index (χ1v) is 7.94. The first kappa shape index (κ1) is 16.3. The van der Waals surface area contributed by atoms with Gasteiger partial charge in [0.1, 0.15) is 12.3 Å². The molecule has 0 saturated heterocycles. The maximum Gasteiger partial charge on any atom is 0.223 e. The molecule has 2 aromatic rings. The van der Waals surface area contributed by atoms with Gasteiger partial charge in [-0.25, -0.2) is 4.98 Å². The zero-order valence-corrected chi connectivity index (χ0v) is 13.3. The number of amides is 1. The summed E-state index contributed by atoms with van der Waals surface area (Å²) in [6.45, 7) is 3.95. The molecule has 4 nitrogen and oxygen atoms in total. The van der Waals surface area contributed by atoms with Crippen LogP contribution < -0.4 is 5.32 Å². The van der Waals surface area contributed by atoms with E-state index in [0.29, 0.717) is 5.89 Å². The number of hydrogen-bond acceptors (Lipinski definition) is 3. The Bertz CT molecular complexity index is 552. The van der Waals surface area contributed by atoms with E-state index in [1.165, 1.54) is 5.56 Å². The molecule has 0 aliphatic rings. The summed E-state index contributed by atoms with van der Waals surface area (Å²) in [6.07, 6.45) is 6.77. The molecular formula is C18H24N2O2. The van der Waals surface area contributed by atoms with Gasteiger partial charge in [-0.05, 0) is 31.2 Å². The number of carbonyl (C=O) groups is 1. The number of carbonyl (C=O) groups excluding carboxylic acids is 1. The average Bonchev–Trinajstić information content (AvgIpc) is 3.08. The Morgan fingerprint density at radius 3 is 2.73 bits per heavy atom. The van der Waals surface area contributed by atoms with Gasteiger partial charge in [0.25, 0.3) is 0 Å². The summed E-state index contributed by atoms with van der Waals surface area (Å²) in [4.78, 5) is 16.3. The fraction of sp³-hybridized carbons (Fsp3) is 0.444. The molecule has 2 rings (SSSR count). The van der Waals surface area contributed by atoms with Gasteiger partial charge in [-0.1, -0.05) is 44.2 Å². The molecular weight excluding hydrogens is 276 g/mol. The molecule has 0 bridgehead atoms. The standard InChI is InChI=1S/C18H24N2O2/c1-3-14(2)17(21)20-16(18-19-12-13-22-18)11-7-10-15-8-5-4-6-9-15/h4-6,8-9,12-14,16H,3,7,10-11H2,1-2H3,(H,20,21). The molecule has 1 amide bonds. The lowest BCUT2D eigenvalue weighted by atomic mass is 10.0. The minimum atomic E-state index is -0.153. The predicted molar refractivity (Wildman–Crippen MR) is 86.2 cm³/mol. The summed E-state index contributed by atoms with van der Waals surface area (Å²) in [6, 6.07) is 10.2. The normalized spacial score (nSPS) is 13.5. The number of aryl methyl sites for hydroxylation is 1. The molecule has 1 heterocycles. The van der Waals surface area contributed by atoms with E-state index in [-0.39, 0.29) is 17.9 Å². The fourth-order valence-corrected chi connectivity index (χ4v) is 2.32. The molecule has 2 unspecified atom stereocenters. The lowest BCUT2D eigenvalue weighted by Gasteiger charge is -2.18. The molecule has 0 saturated carbocycles. The first-order valence-electron chi connectivity index (χ1n) is 7.94. The molecule has 4 heteroatoms. The summed E-state index contributed by atoms with van der Waals surface area (Å²) < 4.78 is 5.39. The highest BCUT2D eigenvalue weighted by molar-refractivity contribution is 5.78. The number of rotatable bonds is 8. The van der Waals surface area contributed by atoms with Crippen LogP contribution in [-0.2, 0) is 11.2 Å². The van der Waals surface area contributed by atoms with Gasteiger partial charge in [0.05, 0.1) is 6.20 Å². The van der Waals surface area contributed by atoms with Crippen LogP contribution in [0.25, 0.3) is 0 Å². The minimum Gasteiger partial charge on any atom is -0.447 e. The van der Waals surface area contributed by atoms with Crippen molar-refractivity contribution in [2.24, 2.45) is 5.92 Å². The van der Waals surface area contributed by atoms with Crippen molar-refractivity contribution in [2.75, 3.05) is 0 Å². The van der Waals surface area contributed by atoms with Crippen molar-refractivity contribution >= 4 is 5.91 Å². The van der Waals surface area contributed by atoms with E-state index in [9.17, 15) is 4.79 Å². The molecule has 1 aromatic heterocycles. The molecule has 0 fully saturated rings. The summed E-state index contributed by atoms with van der Waals surface area (Å²) in [5.41, 5.74) is 1.31. The van der Waals surface area contributed by atoms with Gasteiger partial charge in [0, 0.05) is 5.92 Å². The van der Waals surface area contributed by atoms with E-state index in [1.807, 2.05) is 32.0 Å². The van der Waals surface area contributed by atoms with Gasteiger partial charge in [0.2, 0.25) is 11.8 Å². The molecule has 1 N–H and O–H groups in total. The smallest absolute Gasteiger partial charge is 0.223 e.